The Morgan fingerprint density at radius 1 is 0.585 bits per heavy atom. The van der Waals surface area contributed by atoms with E-state index in [1.807, 2.05) is 119 Å². The van der Waals surface area contributed by atoms with Crippen molar-refractivity contribution in [2.75, 3.05) is 16.5 Å². The monoisotopic (exact) mass is 849 g/mol. The van der Waals surface area contributed by atoms with E-state index in [4.69, 9.17) is 23.4 Å². The summed E-state index contributed by atoms with van der Waals surface area (Å²) in [6, 6.07) is 41.2. The van der Waals surface area contributed by atoms with Crippen LogP contribution in [0.15, 0.2) is 206 Å². The second-order valence-electron chi connectivity index (χ2n) is 16.8. The number of hydrogen-bond donors (Lipinski definition) is 0. The van der Waals surface area contributed by atoms with E-state index in [0.29, 0.717) is 22.7 Å². The zero-order valence-electron chi connectivity index (χ0n) is 45.7. The number of ether oxygens (including phenoxy) is 1. The second-order valence-corrected chi connectivity index (χ2v) is 16.8. The Morgan fingerprint density at radius 2 is 1.25 bits per heavy atom. The minimum atomic E-state index is -0.560. The van der Waals surface area contributed by atoms with Gasteiger partial charge in [0, 0.05) is 45.9 Å². The molecule has 6 heteroatoms. The maximum absolute atomic E-state index is 9.98. The van der Waals surface area contributed by atoms with Gasteiger partial charge >= 0.3 is 0 Å². The zero-order chi connectivity index (χ0) is 52.8. The van der Waals surface area contributed by atoms with Crippen LogP contribution in [0.2, 0.25) is 0 Å². The van der Waals surface area contributed by atoms with Crippen LogP contribution in [0.1, 0.15) is 45.6 Å². The molecule has 8 aromatic carbocycles. The van der Waals surface area contributed by atoms with Crippen LogP contribution < -0.4 is 14.5 Å². The third kappa shape index (κ3) is 7.14. The first-order valence-electron chi connectivity index (χ1n) is 26.2. The summed E-state index contributed by atoms with van der Waals surface area (Å²) in [5.41, 5.74) is 7.72. The molecule has 0 saturated carbocycles. The number of para-hydroxylation sites is 3. The van der Waals surface area contributed by atoms with Crippen LogP contribution in [0.4, 0.5) is 22.7 Å². The predicted octanol–water partition coefficient (Wildman–Crippen LogP) is 15.4. The summed E-state index contributed by atoms with van der Waals surface area (Å²) in [4.78, 5) is 8.80. The van der Waals surface area contributed by atoms with Crippen molar-refractivity contribution in [2.45, 2.75) is 26.2 Å². The molecular formula is C59H45N5O. The first-order valence-corrected chi connectivity index (χ1v) is 21.2. The van der Waals surface area contributed by atoms with Gasteiger partial charge in [-0.15, -0.1) is 0 Å². The minimum absolute atomic E-state index is 0.0949. The van der Waals surface area contributed by atoms with Crippen molar-refractivity contribution in [3.63, 3.8) is 0 Å². The van der Waals surface area contributed by atoms with Gasteiger partial charge in [0.15, 0.2) is 0 Å². The Bertz CT molecular complexity index is 3920. The standard InChI is InChI=1S/C59H45N5O/c1-59(2,3)44-32-33-61-57(35-44)64-53-31-28-42(48-23-11-10-20-43(48)38-60)34-52(53)51-30-29-47(37-56(51)64)65-46-22-14-21-45(36-46)62-39-63(55-27-13-12-26-54(55)62)58-49(40-16-6-4-7-17-40)24-15-25-50(58)41-18-8-5-9-19-41/h4-37H,39H2,1-3H3/i4D,5D,6D,7D,8D,9D,16D,17D,18D,19D. The van der Waals surface area contributed by atoms with Crippen LogP contribution in [0.5, 0.6) is 11.5 Å². The van der Waals surface area contributed by atoms with Crippen LogP contribution in [0.3, 0.4) is 0 Å². The molecule has 0 fully saturated rings. The molecule has 3 heterocycles. The van der Waals surface area contributed by atoms with Crippen molar-refractivity contribution >= 4 is 44.6 Å². The number of aromatic nitrogens is 2. The summed E-state index contributed by atoms with van der Waals surface area (Å²) in [5.74, 6) is 1.82. The molecule has 2 aromatic heterocycles. The van der Waals surface area contributed by atoms with Crippen LogP contribution in [0.25, 0.3) is 61.0 Å². The van der Waals surface area contributed by atoms with Gasteiger partial charge < -0.3 is 14.5 Å². The number of fused-ring (bicyclic) bond motifs is 4. The number of nitriles is 1. The van der Waals surface area contributed by atoms with Crippen molar-refractivity contribution in [1.29, 1.82) is 5.26 Å². The predicted molar refractivity (Wildman–Crippen MR) is 267 cm³/mol. The van der Waals surface area contributed by atoms with Gasteiger partial charge in [0.05, 0.1) is 53.4 Å². The molecule has 312 valence electrons. The Kier molecular flexibility index (Phi) is 7.37. The first kappa shape index (κ1) is 29.8. The molecule has 0 saturated heterocycles. The number of pyridine rings is 1. The molecule has 10 aromatic rings. The molecule has 65 heavy (non-hydrogen) atoms. The summed E-state index contributed by atoms with van der Waals surface area (Å²) in [5, 5.41) is 11.9. The van der Waals surface area contributed by atoms with Crippen LogP contribution >= 0.6 is 0 Å². The molecule has 0 bridgehead atoms. The molecule has 11 rings (SSSR count). The third-order valence-corrected chi connectivity index (χ3v) is 11.9. The summed E-state index contributed by atoms with van der Waals surface area (Å²) in [6.45, 7) is 6.60. The number of benzene rings is 8. The number of rotatable bonds is 8. The van der Waals surface area contributed by atoms with E-state index in [9.17, 15) is 5.26 Å². The van der Waals surface area contributed by atoms with Gasteiger partial charge in [-0.05, 0) is 100.0 Å². The van der Waals surface area contributed by atoms with E-state index in [0.717, 1.165) is 55.7 Å². The normalized spacial score (nSPS) is 14.6. The lowest BCUT2D eigenvalue weighted by molar-refractivity contribution is 0.483. The smallest absolute Gasteiger partial charge is 0.137 e. The molecule has 0 unspecified atom stereocenters. The summed E-state index contributed by atoms with van der Waals surface area (Å²) >= 11 is 0. The molecule has 0 aliphatic carbocycles. The van der Waals surface area contributed by atoms with Gasteiger partial charge in [0.1, 0.15) is 24.0 Å². The fourth-order valence-electron chi connectivity index (χ4n) is 8.80. The van der Waals surface area contributed by atoms with Crippen LogP contribution in [0, 0.1) is 11.3 Å². The second kappa shape index (κ2) is 16.1. The summed E-state index contributed by atoms with van der Waals surface area (Å²) < 4.78 is 96.2. The Labute approximate surface area is 393 Å². The van der Waals surface area contributed by atoms with E-state index in [2.05, 4.69) is 49.6 Å². The van der Waals surface area contributed by atoms with E-state index in [-0.39, 0.29) is 40.0 Å². The van der Waals surface area contributed by atoms with Crippen molar-refractivity contribution in [2.24, 2.45) is 0 Å². The number of hydrogen-bond acceptors (Lipinski definition) is 5. The van der Waals surface area contributed by atoms with E-state index < -0.39 is 60.4 Å². The lowest BCUT2D eigenvalue weighted by atomic mass is 9.88. The van der Waals surface area contributed by atoms with Crippen molar-refractivity contribution in [3.8, 4) is 56.8 Å². The van der Waals surface area contributed by atoms with Crippen LogP contribution in [-0.4, -0.2) is 16.2 Å². The summed E-state index contributed by atoms with van der Waals surface area (Å²) in [6.07, 6.45) is 1.83. The Morgan fingerprint density at radius 3 is 1.97 bits per heavy atom. The molecule has 1 aliphatic rings. The van der Waals surface area contributed by atoms with E-state index in [1.54, 1.807) is 18.2 Å². The molecule has 0 spiro atoms. The average molecular weight is 850 g/mol. The number of nitrogens with zero attached hydrogens (tertiary/aromatic N) is 5. The van der Waals surface area contributed by atoms with Gasteiger partial charge in [-0.1, -0.05) is 142 Å². The third-order valence-electron chi connectivity index (χ3n) is 11.9. The van der Waals surface area contributed by atoms with Gasteiger partial charge in [-0.3, -0.25) is 4.57 Å². The highest BCUT2D eigenvalue weighted by Crippen LogP contribution is 2.50. The Hall–Kier alpha value is -8.40. The molecule has 0 radical (unpaired) electrons. The number of anilines is 4. The largest absolute Gasteiger partial charge is 0.457 e. The molecule has 0 atom stereocenters. The highest BCUT2D eigenvalue weighted by Gasteiger charge is 2.31. The maximum Gasteiger partial charge on any atom is 0.137 e. The van der Waals surface area contributed by atoms with Crippen molar-refractivity contribution < 1.29 is 18.4 Å². The fourth-order valence-corrected chi connectivity index (χ4v) is 8.80. The molecule has 0 amide bonds. The average Bonchev–Trinajstić information content (AvgIpc) is 3.96. The SMILES string of the molecule is [2H]c1c([2H])c([2H])c(-c2cccc(-c3c([2H])c([2H])c([2H])c([2H])c3[2H])c2N2CN(c3cccc(Oc4ccc5c6cc(-c7ccccc7C#N)ccc6n(-c6cc(C(C)(C)C)ccn6)c5c4)c3)c3ccccc32)c([2H])c1[2H]. The lowest BCUT2D eigenvalue weighted by Crippen LogP contribution is -2.24. The van der Waals surface area contributed by atoms with Crippen molar-refractivity contribution in [3.05, 3.63) is 217 Å². The fraction of sp³-hybridized carbons (Fsp3) is 0.0847. The van der Waals surface area contributed by atoms with Gasteiger partial charge in [-0.2, -0.15) is 5.26 Å². The van der Waals surface area contributed by atoms with Gasteiger partial charge in [0.2, 0.25) is 0 Å². The topological polar surface area (TPSA) is 57.3 Å². The molecule has 0 N–H and O–H groups in total. The van der Waals surface area contributed by atoms with Gasteiger partial charge in [-0.25, -0.2) is 4.98 Å². The highest BCUT2D eigenvalue weighted by atomic mass is 16.5. The lowest BCUT2D eigenvalue weighted by Gasteiger charge is -2.27. The molecule has 6 nitrogen and oxygen atoms in total. The first-order chi connectivity index (χ1) is 36.0. The summed E-state index contributed by atoms with van der Waals surface area (Å²) in [7, 11) is 0. The quantitative estimate of drug-likeness (QED) is 0.152. The zero-order valence-corrected chi connectivity index (χ0v) is 35.7. The molecule has 1 aliphatic heterocycles. The minimum Gasteiger partial charge on any atom is -0.457 e. The molecular weight excluding hydrogens is 795 g/mol. The van der Waals surface area contributed by atoms with E-state index >= 15 is 0 Å². The highest BCUT2D eigenvalue weighted by molar-refractivity contribution is 6.11. The maximum atomic E-state index is 9.98. The van der Waals surface area contributed by atoms with E-state index in [1.165, 1.54) is 0 Å². The van der Waals surface area contributed by atoms with Crippen molar-refractivity contribution in [1.82, 2.24) is 9.55 Å². The van der Waals surface area contributed by atoms with Gasteiger partial charge in [0.25, 0.3) is 0 Å². The Balaban J connectivity index is 1.03. The van der Waals surface area contributed by atoms with Crippen LogP contribution in [-0.2, 0) is 5.41 Å².